The Kier molecular flexibility index (Phi) is 4.19. The molecule has 2 aromatic heterocycles. The third-order valence-electron chi connectivity index (χ3n) is 7.19. The zero-order valence-electron chi connectivity index (χ0n) is 16.3. The summed E-state index contributed by atoms with van der Waals surface area (Å²) in [5.41, 5.74) is 2.10. The van der Waals surface area contributed by atoms with E-state index in [0.29, 0.717) is 12.5 Å². The molecule has 1 amide bonds. The van der Waals surface area contributed by atoms with E-state index in [2.05, 4.69) is 40.5 Å². The summed E-state index contributed by atoms with van der Waals surface area (Å²) in [6.45, 7) is 4.76. The fourth-order valence-corrected chi connectivity index (χ4v) is 7.33. The van der Waals surface area contributed by atoms with Crippen LogP contribution in [-0.2, 0) is 4.79 Å². The highest BCUT2D eigenvalue weighted by molar-refractivity contribution is 7.10. The quantitative estimate of drug-likeness (QED) is 0.827. The van der Waals surface area contributed by atoms with Gasteiger partial charge in [0, 0.05) is 22.5 Å². The maximum atomic E-state index is 13.4. The lowest BCUT2D eigenvalue weighted by Crippen LogP contribution is -2.54. The average Bonchev–Trinajstić information content (AvgIpc) is 3.24. The molecule has 0 radical (unpaired) electrons. The first-order chi connectivity index (χ1) is 13.0. The van der Waals surface area contributed by atoms with E-state index in [0.717, 1.165) is 48.4 Å². The van der Waals surface area contributed by atoms with Crippen LogP contribution in [0, 0.1) is 37.0 Å². The predicted octanol–water partition coefficient (Wildman–Crippen LogP) is 4.48. The maximum absolute atomic E-state index is 13.4. The van der Waals surface area contributed by atoms with Crippen LogP contribution in [0.5, 0.6) is 0 Å². The Bertz CT molecular complexity index is 803. The van der Waals surface area contributed by atoms with Gasteiger partial charge in [-0.1, -0.05) is 6.07 Å². The predicted molar refractivity (Wildman–Crippen MR) is 108 cm³/mol. The summed E-state index contributed by atoms with van der Waals surface area (Å²) in [6.07, 6.45) is 7.47. The monoisotopic (exact) mass is 383 g/mol. The van der Waals surface area contributed by atoms with Gasteiger partial charge in [0.25, 0.3) is 0 Å². The first-order valence-electron chi connectivity index (χ1n) is 10.4. The summed E-state index contributed by atoms with van der Waals surface area (Å²) in [7, 11) is 0. The van der Waals surface area contributed by atoms with Crippen molar-refractivity contribution < 1.29 is 4.79 Å². The minimum atomic E-state index is -0.0795. The van der Waals surface area contributed by atoms with Gasteiger partial charge in [0.05, 0.1) is 5.69 Å². The molecule has 1 unspecified atom stereocenters. The van der Waals surface area contributed by atoms with Crippen molar-refractivity contribution >= 4 is 17.2 Å². The van der Waals surface area contributed by atoms with Crippen molar-refractivity contribution in [1.82, 2.24) is 15.1 Å². The van der Waals surface area contributed by atoms with Gasteiger partial charge in [-0.25, -0.2) is 0 Å². The van der Waals surface area contributed by atoms with Gasteiger partial charge < -0.3 is 5.32 Å². The van der Waals surface area contributed by atoms with Crippen molar-refractivity contribution in [2.75, 3.05) is 6.54 Å². The van der Waals surface area contributed by atoms with Crippen LogP contribution in [0.25, 0.3) is 0 Å². The molecule has 6 rings (SSSR count). The van der Waals surface area contributed by atoms with Crippen LogP contribution in [0.15, 0.2) is 23.6 Å². The van der Waals surface area contributed by atoms with Gasteiger partial charge in [-0.05, 0) is 87.6 Å². The van der Waals surface area contributed by atoms with E-state index in [4.69, 9.17) is 5.10 Å². The fraction of sp³-hybridized carbons (Fsp3) is 0.636. The minimum Gasteiger partial charge on any atom is -0.353 e. The smallest absolute Gasteiger partial charge is 0.226 e. The van der Waals surface area contributed by atoms with Crippen molar-refractivity contribution in [1.29, 1.82) is 0 Å². The Morgan fingerprint density at radius 3 is 2.44 bits per heavy atom. The minimum absolute atomic E-state index is 0.0795. The largest absolute Gasteiger partial charge is 0.353 e. The lowest BCUT2D eigenvalue weighted by Gasteiger charge is -2.55. The number of thiophene rings is 1. The molecule has 4 bridgehead atoms. The third kappa shape index (κ3) is 3.04. The van der Waals surface area contributed by atoms with Crippen LogP contribution in [0.2, 0.25) is 0 Å². The second kappa shape index (κ2) is 6.47. The zero-order valence-corrected chi connectivity index (χ0v) is 17.1. The number of carbonyl (C=O) groups excluding carboxylic acids is 1. The lowest BCUT2D eigenvalue weighted by atomic mass is 9.49. The summed E-state index contributed by atoms with van der Waals surface area (Å²) < 4.78 is 2.08. The van der Waals surface area contributed by atoms with Gasteiger partial charge in [0.15, 0.2) is 0 Å². The van der Waals surface area contributed by atoms with E-state index >= 15 is 0 Å². The molecule has 27 heavy (non-hydrogen) atoms. The molecule has 4 saturated carbocycles. The zero-order chi connectivity index (χ0) is 18.6. The average molecular weight is 384 g/mol. The van der Waals surface area contributed by atoms with Gasteiger partial charge in [-0.2, -0.15) is 5.10 Å². The molecule has 2 heterocycles. The number of nitrogens with zero attached hydrogens (tertiary/aromatic N) is 2. The number of aromatic nitrogens is 2. The summed E-state index contributed by atoms with van der Waals surface area (Å²) in [5, 5.41) is 10.2. The summed E-state index contributed by atoms with van der Waals surface area (Å²) in [5.74, 6) is 2.70. The van der Waals surface area contributed by atoms with Crippen molar-refractivity contribution in [3.05, 3.63) is 39.8 Å². The van der Waals surface area contributed by atoms with E-state index in [1.165, 1.54) is 24.1 Å². The van der Waals surface area contributed by atoms with E-state index in [9.17, 15) is 4.79 Å². The van der Waals surface area contributed by atoms with Gasteiger partial charge in [-0.3, -0.25) is 9.48 Å². The van der Waals surface area contributed by atoms with Crippen LogP contribution >= 0.6 is 11.3 Å². The molecule has 4 aliphatic rings. The maximum Gasteiger partial charge on any atom is 0.226 e. The van der Waals surface area contributed by atoms with E-state index in [1.807, 2.05) is 6.92 Å². The normalized spacial score (nSPS) is 32.6. The molecule has 2 aromatic rings. The highest BCUT2D eigenvalue weighted by Crippen LogP contribution is 2.60. The molecule has 0 aliphatic heterocycles. The van der Waals surface area contributed by atoms with E-state index in [1.54, 1.807) is 11.3 Å². The Balaban J connectivity index is 1.35. The molecular weight excluding hydrogens is 354 g/mol. The van der Waals surface area contributed by atoms with Gasteiger partial charge in [-0.15, -0.1) is 11.3 Å². The summed E-state index contributed by atoms with van der Waals surface area (Å²) >= 11 is 1.74. The van der Waals surface area contributed by atoms with Gasteiger partial charge in [0.2, 0.25) is 5.91 Å². The topological polar surface area (TPSA) is 46.9 Å². The molecule has 5 heteroatoms. The molecule has 0 spiro atoms. The molecule has 0 aromatic carbocycles. The molecule has 0 saturated heterocycles. The van der Waals surface area contributed by atoms with Gasteiger partial charge >= 0.3 is 0 Å². The molecule has 1 atom stereocenters. The number of rotatable bonds is 5. The first kappa shape index (κ1) is 17.5. The van der Waals surface area contributed by atoms with E-state index in [-0.39, 0.29) is 11.5 Å². The van der Waals surface area contributed by atoms with Crippen molar-refractivity contribution in [2.45, 2.75) is 58.4 Å². The molecule has 144 valence electrons. The summed E-state index contributed by atoms with van der Waals surface area (Å²) in [4.78, 5) is 14.6. The molecular formula is C22H29N3OS. The summed E-state index contributed by atoms with van der Waals surface area (Å²) in [6, 6.07) is 6.43. The molecule has 4 fully saturated rings. The number of hydrogen-bond donors (Lipinski definition) is 1. The molecule has 1 N–H and O–H groups in total. The van der Waals surface area contributed by atoms with Gasteiger partial charge in [0.1, 0.15) is 6.04 Å². The second-order valence-corrected chi connectivity index (χ2v) is 10.3. The number of amides is 1. The highest BCUT2D eigenvalue weighted by Gasteiger charge is 2.54. The van der Waals surface area contributed by atoms with Crippen LogP contribution < -0.4 is 5.32 Å². The Hall–Kier alpha value is -1.62. The fourth-order valence-electron chi connectivity index (χ4n) is 6.52. The van der Waals surface area contributed by atoms with Crippen LogP contribution in [-0.4, -0.2) is 22.2 Å². The van der Waals surface area contributed by atoms with Crippen LogP contribution in [0.3, 0.4) is 0 Å². The standard InChI is InChI=1S/C22H29N3OS/c1-14-6-15(2)25(24-14)19(20-4-3-5-27-20)13-23-21(26)22-10-16-7-17(11-22)9-18(8-16)12-22/h3-6,16-19H,7-13H2,1-2H3,(H,23,26). The molecule has 4 aliphatic carbocycles. The Labute approximate surface area is 165 Å². The van der Waals surface area contributed by atoms with Crippen molar-refractivity contribution in [2.24, 2.45) is 23.2 Å². The number of carbonyl (C=O) groups is 1. The first-order valence-corrected chi connectivity index (χ1v) is 11.2. The Morgan fingerprint density at radius 2 is 1.93 bits per heavy atom. The lowest BCUT2D eigenvalue weighted by molar-refractivity contribution is -0.146. The molecule has 4 nitrogen and oxygen atoms in total. The SMILES string of the molecule is Cc1cc(C)n(C(CNC(=O)C23CC4CC(CC(C4)C2)C3)c2cccs2)n1. The van der Waals surface area contributed by atoms with E-state index < -0.39 is 0 Å². The van der Waals surface area contributed by atoms with Crippen LogP contribution in [0.4, 0.5) is 0 Å². The number of hydrogen-bond acceptors (Lipinski definition) is 3. The third-order valence-corrected chi connectivity index (χ3v) is 8.16. The Morgan fingerprint density at radius 1 is 1.26 bits per heavy atom. The van der Waals surface area contributed by atoms with Crippen molar-refractivity contribution in [3.8, 4) is 0 Å². The van der Waals surface area contributed by atoms with Crippen LogP contribution in [0.1, 0.15) is 60.8 Å². The highest BCUT2D eigenvalue weighted by atomic mass is 32.1. The van der Waals surface area contributed by atoms with Crippen molar-refractivity contribution in [3.63, 3.8) is 0 Å². The number of nitrogens with one attached hydrogen (secondary N) is 1. The number of aryl methyl sites for hydroxylation is 2. The second-order valence-electron chi connectivity index (χ2n) is 9.31.